The molecule has 4 aromatic carbocycles. The van der Waals surface area contributed by atoms with E-state index in [1.54, 1.807) is 11.1 Å². The fourth-order valence-corrected chi connectivity index (χ4v) is 6.09. The number of halogens is 2. The van der Waals surface area contributed by atoms with Crippen LogP contribution in [-0.4, -0.2) is 0 Å². The zero-order valence-electron chi connectivity index (χ0n) is 18.9. The minimum Gasteiger partial charge on any atom is -1.00 e. The number of hydrogen-bond acceptors (Lipinski definition) is 0. The molecule has 0 bridgehead atoms. The van der Waals surface area contributed by atoms with Crippen LogP contribution in [0.15, 0.2) is 84.9 Å². The summed E-state index contributed by atoms with van der Waals surface area (Å²) >= 11 is 0. The van der Waals surface area contributed by atoms with Crippen molar-refractivity contribution >= 4 is 0 Å². The summed E-state index contributed by atoms with van der Waals surface area (Å²) in [7, 11) is 0. The quantitative estimate of drug-likeness (QED) is 0.368. The molecule has 0 nitrogen and oxygen atoms in total. The van der Waals surface area contributed by atoms with Crippen molar-refractivity contribution < 1.29 is 51.0 Å². The number of fused-ring (bicyclic) bond motifs is 6. The van der Waals surface area contributed by atoms with Crippen LogP contribution in [0.25, 0.3) is 22.3 Å². The molecule has 2 aliphatic carbocycles. The van der Waals surface area contributed by atoms with Crippen molar-refractivity contribution in [3.63, 3.8) is 0 Å². The molecule has 0 heterocycles. The third-order valence-electron chi connectivity index (χ3n) is 7.34. The summed E-state index contributed by atoms with van der Waals surface area (Å²) in [6.45, 7) is 4.56. The molecule has 0 amide bonds. The van der Waals surface area contributed by atoms with Gasteiger partial charge in [-0.2, -0.15) is 0 Å². The van der Waals surface area contributed by atoms with Crippen LogP contribution in [-0.2, 0) is 26.2 Å². The van der Waals surface area contributed by atoms with Crippen LogP contribution >= 0.6 is 0 Å². The summed E-state index contributed by atoms with van der Waals surface area (Å²) in [6, 6.07) is 31.7. The second-order valence-corrected chi connectivity index (χ2v) is 8.93. The van der Waals surface area contributed by atoms with Crippen molar-refractivity contribution in [2.24, 2.45) is 0 Å². The van der Waals surface area contributed by atoms with Crippen LogP contribution in [0.5, 0.6) is 0 Å². The van der Waals surface area contributed by atoms with Gasteiger partial charge < -0.3 is 24.8 Å². The zero-order chi connectivity index (χ0) is 20.2. The molecule has 0 spiro atoms. The van der Waals surface area contributed by atoms with Crippen LogP contribution in [0.4, 0.5) is 0 Å². The van der Waals surface area contributed by atoms with Gasteiger partial charge in [-0.05, 0) is 82.3 Å². The predicted octanol–water partition coefficient (Wildman–Crippen LogP) is 2.01. The van der Waals surface area contributed by atoms with Gasteiger partial charge in [0.15, 0.2) is 0 Å². The molecule has 0 saturated heterocycles. The normalized spacial score (nSPS) is 16.3. The fraction of sp³-hybridized carbons (Fsp3) is 0.200. The first-order chi connectivity index (χ1) is 14.7. The standard InChI is InChI=1S/C30H26.2ClH.Zr/c1-19-9-7-15-25-21-11-3-5-13-23(21)27(29(19)25)17-18-28-24-14-6-4-12-22(24)26-16-8-10-20(2)30(26)28;;;/h3-16,27-28H,17-18H2,1-2H3;2*1H;/q;;;+2/p-2. The number of hydrogen-bond donors (Lipinski definition) is 0. The van der Waals surface area contributed by atoms with Crippen molar-refractivity contribution in [3.05, 3.63) is 118 Å². The zero-order valence-corrected chi connectivity index (χ0v) is 22.9. The van der Waals surface area contributed by atoms with E-state index < -0.39 is 0 Å². The van der Waals surface area contributed by atoms with E-state index >= 15 is 0 Å². The van der Waals surface area contributed by atoms with Gasteiger partial charge in [0.25, 0.3) is 0 Å². The van der Waals surface area contributed by atoms with E-state index in [1.165, 1.54) is 57.3 Å². The van der Waals surface area contributed by atoms with E-state index in [9.17, 15) is 0 Å². The molecule has 0 saturated carbocycles. The minimum atomic E-state index is 0. The third-order valence-corrected chi connectivity index (χ3v) is 7.34. The molecule has 2 atom stereocenters. The van der Waals surface area contributed by atoms with E-state index in [0.29, 0.717) is 11.8 Å². The second-order valence-electron chi connectivity index (χ2n) is 8.93. The van der Waals surface area contributed by atoms with Crippen molar-refractivity contribution in [1.29, 1.82) is 0 Å². The van der Waals surface area contributed by atoms with Gasteiger partial charge in [0.1, 0.15) is 0 Å². The van der Waals surface area contributed by atoms with Gasteiger partial charge in [-0.25, -0.2) is 0 Å². The summed E-state index contributed by atoms with van der Waals surface area (Å²) in [5.41, 5.74) is 14.7. The molecule has 0 N–H and O–H groups in total. The first-order valence-electron chi connectivity index (χ1n) is 11.1. The Kier molecular flexibility index (Phi) is 8.11. The number of benzene rings is 4. The Labute approximate surface area is 228 Å². The summed E-state index contributed by atoms with van der Waals surface area (Å²) in [5.74, 6) is 0.996. The van der Waals surface area contributed by atoms with Gasteiger partial charge in [0, 0.05) is 11.8 Å². The first kappa shape index (κ1) is 26.0. The Balaban J connectivity index is 0.00000102. The van der Waals surface area contributed by atoms with Crippen LogP contribution < -0.4 is 24.8 Å². The van der Waals surface area contributed by atoms with Crippen LogP contribution in [0.3, 0.4) is 0 Å². The van der Waals surface area contributed by atoms with Crippen molar-refractivity contribution in [2.75, 3.05) is 0 Å². The molecule has 0 radical (unpaired) electrons. The molecule has 4 aromatic rings. The number of rotatable bonds is 3. The Morgan fingerprint density at radius 3 is 1.27 bits per heavy atom. The fourth-order valence-electron chi connectivity index (χ4n) is 6.09. The summed E-state index contributed by atoms with van der Waals surface area (Å²) in [5, 5.41) is 0. The maximum absolute atomic E-state index is 2.35. The Bertz CT molecular complexity index is 1190. The predicted molar refractivity (Wildman–Crippen MR) is 126 cm³/mol. The van der Waals surface area contributed by atoms with E-state index in [4.69, 9.17) is 0 Å². The van der Waals surface area contributed by atoms with Gasteiger partial charge in [-0.1, -0.05) is 84.9 Å². The maximum Gasteiger partial charge on any atom is 2.00 e. The summed E-state index contributed by atoms with van der Waals surface area (Å²) in [6.07, 6.45) is 2.36. The summed E-state index contributed by atoms with van der Waals surface area (Å²) < 4.78 is 0. The molecular formula is C30H26Cl2Zr. The van der Waals surface area contributed by atoms with Gasteiger partial charge in [0.2, 0.25) is 0 Å². The molecule has 33 heavy (non-hydrogen) atoms. The Morgan fingerprint density at radius 2 is 0.848 bits per heavy atom. The van der Waals surface area contributed by atoms with E-state index in [-0.39, 0.29) is 51.0 Å². The van der Waals surface area contributed by atoms with E-state index in [2.05, 4.69) is 98.8 Å². The molecule has 0 fully saturated rings. The first-order valence-corrected chi connectivity index (χ1v) is 11.1. The van der Waals surface area contributed by atoms with Gasteiger partial charge in [-0.15, -0.1) is 0 Å². The summed E-state index contributed by atoms with van der Waals surface area (Å²) in [4.78, 5) is 0. The van der Waals surface area contributed by atoms with Gasteiger partial charge in [0.05, 0.1) is 0 Å². The molecule has 164 valence electrons. The largest absolute Gasteiger partial charge is 2.00 e. The molecule has 2 aliphatic rings. The molecule has 2 unspecified atom stereocenters. The number of aryl methyl sites for hydroxylation is 2. The van der Waals surface area contributed by atoms with E-state index in [1.807, 2.05) is 0 Å². The van der Waals surface area contributed by atoms with Crippen molar-refractivity contribution in [3.8, 4) is 22.3 Å². The third kappa shape index (κ3) is 4.07. The van der Waals surface area contributed by atoms with Crippen LogP contribution in [0.1, 0.15) is 58.1 Å². The van der Waals surface area contributed by atoms with Crippen LogP contribution in [0, 0.1) is 13.8 Å². The molecular weight excluding hydrogens is 522 g/mol. The molecule has 3 heteroatoms. The smallest absolute Gasteiger partial charge is 1.00 e. The second kappa shape index (κ2) is 10.3. The SMILES string of the molecule is Cc1cccc2c1C(CCC1c3ccccc3-c3cccc(C)c31)c1ccccc1-2.[Cl-].[Cl-].[Zr+2]. The van der Waals surface area contributed by atoms with E-state index in [0.717, 1.165) is 0 Å². The van der Waals surface area contributed by atoms with Crippen molar-refractivity contribution in [2.45, 2.75) is 38.5 Å². The topological polar surface area (TPSA) is 0 Å². The Morgan fingerprint density at radius 1 is 0.485 bits per heavy atom. The molecule has 0 aromatic heterocycles. The molecule has 0 aliphatic heterocycles. The van der Waals surface area contributed by atoms with Crippen LogP contribution in [0.2, 0.25) is 0 Å². The maximum atomic E-state index is 2.35. The average Bonchev–Trinajstić information content (AvgIpc) is 3.27. The minimum absolute atomic E-state index is 0. The van der Waals surface area contributed by atoms with Gasteiger partial charge in [-0.3, -0.25) is 0 Å². The van der Waals surface area contributed by atoms with Gasteiger partial charge >= 0.3 is 26.2 Å². The monoisotopic (exact) mass is 546 g/mol. The Hall–Kier alpha value is -1.66. The van der Waals surface area contributed by atoms with Crippen molar-refractivity contribution in [1.82, 2.24) is 0 Å². The molecule has 6 rings (SSSR count). The average molecular weight is 549 g/mol.